The molecule has 80 valence electrons. The van der Waals surface area contributed by atoms with Crippen molar-refractivity contribution in [1.82, 2.24) is 5.32 Å². The molecule has 0 bridgehead atoms. The van der Waals surface area contributed by atoms with Crippen LogP contribution in [0.5, 0.6) is 0 Å². The molecule has 15 heavy (non-hydrogen) atoms. The number of hydrogen-bond donors (Lipinski definition) is 1. The fourth-order valence-electron chi connectivity index (χ4n) is 1.14. The van der Waals surface area contributed by atoms with Crippen LogP contribution in [0.15, 0.2) is 12.1 Å². The van der Waals surface area contributed by atoms with Gasteiger partial charge in [-0.05, 0) is 25.5 Å². The average Bonchev–Trinajstić information content (AvgIpc) is 2.72. The molecule has 1 aromatic heterocycles. The second-order valence-electron chi connectivity index (χ2n) is 3.05. The van der Waals surface area contributed by atoms with Crippen molar-refractivity contribution in [2.45, 2.75) is 26.7 Å². The molecule has 0 saturated carbocycles. The zero-order chi connectivity index (χ0) is 11.1. The lowest BCUT2D eigenvalue weighted by atomic mass is 10.3. The standard InChI is InChI=1S/C12H15NOS/c1-3-5-6-9-13-12(14)11-8-7-10(4-2)15-11/h7-8H,4,6,9H2,1-2H3,(H,13,14). The van der Waals surface area contributed by atoms with E-state index < -0.39 is 0 Å². The molecule has 1 rings (SSSR count). The van der Waals surface area contributed by atoms with Gasteiger partial charge in [0.25, 0.3) is 5.91 Å². The predicted octanol–water partition coefficient (Wildman–Crippen LogP) is 2.45. The number of carbonyl (C=O) groups is 1. The normalized spacial score (nSPS) is 9.20. The number of rotatable bonds is 4. The SMILES string of the molecule is CC#CCCNC(=O)c1ccc(CC)s1. The van der Waals surface area contributed by atoms with Crippen molar-refractivity contribution in [3.8, 4) is 11.8 Å². The van der Waals surface area contributed by atoms with Crippen LogP contribution in [0.3, 0.4) is 0 Å². The second kappa shape index (κ2) is 6.26. The fourth-order valence-corrected chi connectivity index (χ4v) is 2.00. The molecule has 0 aliphatic rings. The van der Waals surface area contributed by atoms with Gasteiger partial charge in [0, 0.05) is 17.8 Å². The van der Waals surface area contributed by atoms with E-state index in [-0.39, 0.29) is 5.91 Å². The molecule has 0 aliphatic carbocycles. The lowest BCUT2D eigenvalue weighted by Crippen LogP contribution is -2.23. The van der Waals surface area contributed by atoms with Crippen LogP contribution in [-0.2, 0) is 6.42 Å². The van der Waals surface area contributed by atoms with Crippen molar-refractivity contribution in [3.05, 3.63) is 21.9 Å². The Morgan fingerprint density at radius 3 is 2.93 bits per heavy atom. The van der Waals surface area contributed by atoms with Crippen molar-refractivity contribution in [1.29, 1.82) is 0 Å². The Hall–Kier alpha value is -1.27. The molecular formula is C12H15NOS. The largest absolute Gasteiger partial charge is 0.350 e. The highest BCUT2D eigenvalue weighted by atomic mass is 32.1. The molecule has 0 spiro atoms. The maximum Gasteiger partial charge on any atom is 0.261 e. The summed E-state index contributed by atoms with van der Waals surface area (Å²) in [4.78, 5) is 13.6. The summed E-state index contributed by atoms with van der Waals surface area (Å²) in [5, 5.41) is 2.84. The van der Waals surface area contributed by atoms with Gasteiger partial charge in [-0.1, -0.05) is 6.92 Å². The van der Waals surface area contributed by atoms with Gasteiger partial charge >= 0.3 is 0 Å². The van der Waals surface area contributed by atoms with Gasteiger partial charge in [-0.15, -0.1) is 23.2 Å². The van der Waals surface area contributed by atoms with Crippen LogP contribution < -0.4 is 5.32 Å². The molecule has 0 saturated heterocycles. The van der Waals surface area contributed by atoms with Crippen LogP contribution in [0.2, 0.25) is 0 Å². The quantitative estimate of drug-likeness (QED) is 0.614. The third kappa shape index (κ3) is 3.77. The lowest BCUT2D eigenvalue weighted by Gasteiger charge is -1.99. The third-order valence-electron chi connectivity index (χ3n) is 1.95. The van der Waals surface area contributed by atoms with Crippen molar-refractivity contribution in [2.24, 2.45) is 0 Å². The van der Waals surface area contributed by atoms with Gasteiger partial charge in [0.15, 0.2) is 0 Å². The van der Waals surface area contributed by atoms with Gasteiger partial charge in [0.2, 0.25) is 0 Å². The number of thiophene rings is 1. The minimum atomic E-state index is 0.0117. The van der Waals surface area contributed by atoms with Crippen molar-refractivity contribution >= 4 is 17.2 Å². The second-order valence-corrected chi connectivity index (χ2v) is 4.22. The number of aryl methyl sites for hydroxylation is 1. The minimum Gasteiger partial charge on any atom is -0.350 e. The number of nitrogens with one attached hydrogen (secondary N) is 1. The van der Waals surface area contributed by atoms with Gasteiger partial charge < -0.3 is 5.32 Å². The monoisotopic (exact) mass is 221 g/mol. The Morgan fingerprint density at radius 1 is 1.53 bits per heavy atom. The maximum absolute atomic E-state index is 11.6. The number of amides is 1. The van der Waals surface area contributed by atoms with Crippen LogP contribution >= 0.6 is 11.3 Å². The van der Waals surface area contributed by atoms with E-state index in [4.69, 9.17) is 0 Å². The Balaban J connectivity index is 2.42. The molecule has 1 aromatic rings. The number of hydrogen-bond acceptors (Lipinski definition) is 2. The van der Waals surface area contributed by atoms with Crippen molar-refractivity contribution in [2.75, 3.05) is 6.54 Å². The molecule has 0 radical (unpaired) electrons. The van der Waals surface area contributed by atoms with Crippen LogP contribution in [-0.4, -0.2) is 12.5 Å². The summed E-state index contributed by atoms with van der Waals surface area (Å²) < 4.78 is 0. The minimum absolute atomic E-state index is 0.0117. The zero-order valence-electron chi connectivity index (χ0n) is 9.09. The first-order valence-electron chi connectivity index (χ1n) is 5.04. The smallest absolute Gasteiger partial charge is 0.261 e. The molecule has 1 amide bonds. The molecule has 0 aliphatic heterocycles. The first-order valence-corrected chi connectivity index (χ1v) is 5.86. The molecule has 2 nitrogen and oxygen atoms in total. The van der Waals surface area contributed by atoms with Crippen LogP contribution in [0.25, 0.3) is 0 Å². The van der Waals surface area contributed by atoms with Crippen LogP contribution in [0.4, 0.5) is 0 Å². The lowest BCUT2D eigenvalue weighted by molar-refractivity contribution is 0.0958. The predicted molar refractivity (Wildman–Crippen MR) is 64.1 cm³/mol. The summed E-state index contributed by atoms with van der Waals surface area (Å²) in [6.45, 7) is 4.51. The van der Waals surface area contributed by atoms with Gasteiger partial charge in [0.05, 0.1) is 4.88 Å². The van der Waals surface area contributed by atoms with Crippen molar-refractivity contribution < 1.29 is 4.79 Å². The van der Waals surface area contributed by atoms with E-state index in [9.17, 15) is 4.79 Å². The van der Waals surface area contributed by atoms with E-state index in [2.05, 4.69) is 24.1 Å². The summed E-state index contributed by atoms with van der Waals surface area (Å²) in [5.41, 5.74) is 0. The zero-order valence-corrected chi connectivity index (χ0v) is 9.91. The molecular weight excluding hydrogens is 206 g/mol. The molecule has 1 N–H and O–H groups in total. The molecule has 0 atom stereocenters. The molecule has 0 fully saturated rings. The summed E-state index contributed by atoms with van der Waals surface area (Å²) >= 11 is 1.56. The first kappa shape index (κ1) is 11.8. The van der Waals surface area contributed by atoms with Gasteiger partial charge in [-0.3, -0.25) is 4.79 Å². The van der Waals surface area contributed by atoms with E-state index in [1.54, 1.807) is 18.3 Å². The summed E-state index contributed by atoms with van der Waals surface area (Å²) in [7, 11) is 0. The number of carbonyl (C=O) groups excluding carboxylic acids is 1. The molecule has 1 heterocycles. The van der Waals surface area contributed by atoms with Gasteiger partial charge in [0.1, 0.15) is 0 Å². The van der Waals surface area contributed by atoms with Crippen LogP contribution in [0.1, 0.15) is 34.8 Å². The molecule has 0 unspecified atom stereocenters. The summed E-state index contributed by atoms with van der Waals surface area (Å²) in [5.74, 6) is 5.72. The summed E-state index contributed by atoms with van der Waals surface area (Å²) in [6, 6.07) is 3.88. The summed E-state index contributed by atoms with van der Waals surface area (Å²) in [6.07, 6.45) is 1.70. The Bertz CT molecular complexity index is 384. The maximum atomic E-state index is 11.6. The van der Waals surface area contributed by atoms with Gasteiger partial charge in [-0.2, -0.15) is 0 Å². The molecule has 3 heteroatoms. The van der Waals surface area contributed by atoms with E-state index in [1.807, 2.05) is 12.1 Å². The Kier molecular flexibility index (Phi) is 4.92. The van der Waals surface area contributed by atoms with E-state index in [0.717, 1.165) is 11.3 Å². The van der Waals surface area contributed by atoms with E-state index >= 15 is 0 Å². The fraction of sp³-hybridized carbons (Fsp3) is 0.417. The third-order valence-corrected chi connectivity index (χ3v) is 3.17. The average molecular weight is 221 g/mol. The highest BCUT2D eigenvalue weighted by molar-refractivity contribution is 7.14. The van der Waals surface area contributed by atoms with Crippen molar-refractivity contribution in [3.63, 3.8) is 0 Å². The molecule has 0 aromatic carbocycles. The highest BCUT2D eigenvalue weighted by Crippen LogP contribution is 2.16. The highest BCUT2D eigenvalue weighted by Gasteiger charge is 2.06. The Labute approximate surface area is 94.7 Å². The van der Waals surface area contributed by atoms with E-state index in [0.29, 0.717) is 13.0 Å². The van der Waals surface area contributed by atoms with E-state index in [1.165, 1.54) is 4.88 Å². The first-order chi connectivity index (χ1) is 7.27. The Morgan fingerprint density at radius 2 is 2.33 bits per heavy atom. The van der Waals surface area contributed by atoms with Gasteiger partial charge in [-0.25, -0.2) is 0 Å². The topological polar surface area (TPSA) is 29.1 Å². The van der Waals surface area contributed by atoms with Crippen LogP contribution in [0, 0.1) is 11.8 Å².